The van der Waals surface area contributed by atoms with Gasteiger partial charge < -0.3 is 9.51 Å². The van der Waals surface area contributed by atoms with Gasteiger partial charge in [-0.15, -0.1) is 0 Å². The van der Waals surface area contributed by atoms with Crippen molar-refractivity contribution in [2.45, 2.75) is 6.42 Å². The molecule has 0 spiro atoms. The molecule has 0 aliphatic heterocycles. The number of hydrogen-bond acceptors (Lipinski definition) is 2. The van der Waals surface area contributed by atoms with Crippen molar-refractivity contribution in [3.63, 3.8) is 0 Å². The van der Waals surface area contributed by atoms with Crippen LogP contribution >= 0.6 is 0 Å². The fraction of sp³-hybridized carbons (Fsp3) is 0.0667. The Morgan fingerprint density at radius 3 is 2.90 bits per heavy atom. The fourth-order valence-corrected chi connectivity index (χ4v) is 2.13. The van der Waals surface area contributed by atoms with Gasteiger partial charge in [0.25, 0.3) is 0 Å². The van der Waals surface area contributed by atoms with E-state index < -0.39 is 5.97 Å². The molecule has 0 saturated carbocycles. The minimum Gasteiger partial charge on any atom is -0.478 e. The van der Waals surface area contributed by atoms with Crippen molar-refractivity contribution >= 4 is 11.5 Å². The van der Waals surface area contributed by atoms with Gasteiger partial charge >= 0.3 is 5.97 Å². The van der Waals surface area contributed by atoms with Crippen LogP contribution in [-0.2, 0) is 6.42 Å². The van der Waals surface area contributed by atoms with Gasteiger partial charge in [0, 0.05) is 12.6 Å². The third kappa shape index (κ3) is 2.25. The van der Waals surface area contributed by atoms with Crippen molar-refractivity contribution in [1.82, 2.24) is 9.38 Å². The van der Waals surface area contributed by atoms with Crippen LogP contribution in [0.1, 0.15) is 21.7 Å². The van der Waals surface area contributed by atoms with Gasteiger partial charge in [0.05, 0.1) is 17.3 Å². The van der Waals surface area contributed by atoms with E-state index in [4.69, 9.17) is 5.11 Å². The van der Waals surface area contributed by atoms with Gasteiger partial charge in [-0.1, -0.05) is 12.1 Å². The molecule has 20 heavy (non-hydrogen) atoms. The maximum absolute atomic E-state index is 13.2. The standard InChI is InChI=1S/C15H11FN2O2/c16-12-3-1-2-10(6-12)7-14-17-8-13-5-4-11(15(19)20)9-18(13)14/h1-6,8-9H,7H2,(H,19,20). The molecule has 0 aliphatic rings. The van der Waals surface area contributed by atoms with Gasteiger partial charge in [-0.2, -0.15) is 0 Å². The summed E-state index contributed by atoms with van der Waals surface area (Å²) in [5.74, 6) is -0.611. The lowest BCUT2D eigenvalue weighted by Gasteiger charge is -2.03. The van der Waals surface area contributed by atoms with Crippen molar-refractivity contribution in [1.29, 1.82) is 0 Å². The predicted octanol–water partition coefficient (Wildman–Crippen LogP) is 2.76. The Morgan fingerprint density at radius 2 is 2.15 bits per heavy atom. The number of rotatable bonds is 3. The number of hydrogen-bond donors (Lipinski definition) is 1. The summed E-state index contributed by atoms with van der Waals surface area (Å²) in [5, 5.41) is 9.02. The lowest BCUT2D eigenvalue weighted by Crippen LogP contribution is -2.02. The molecule has 3 rings (SSSR count). The summed E-state index contributed by atoms with van der Waals surface area (Å²) in [6.45, 7) is 0. The molecule has 0 unspecified atom stereocenters. The minimum absolute atomic E-state index is 0.191. The molecule has 0 amide bonds. The second-order valence-corrected chi connectivity index (χ2v) is 4.50. The lowest BCUT2D eigenvalue weighted by molar-refractivity contribution is 0.0696. The molecule has 0 saturated heterocycles. The van der Waals surface area contributed by atoms with Gasteiger partial charge in [0.1, 0.15) is 11.6 Å². The van der Waals surface area contributed by atoms with Crippen molar-refractivity contribution in [2.24, 2.45) is 0 Å². The highest BCUT2D eigenvalue weighted by Crippen LogP contribution is 2.14. The number of fused-ring (bicyclic) bond motifs is 1. The summed E-state index contributed by atoms with van der Waals surface area (Å²) < 4.78 is 14.9. The zero-order chi connectivity index (χ0) is 14.1. The number of nitrogens with zero attached hydrogens (tertiary/aromatic N) is 2. The fourth-order valence-electron chi connectivity index (χ4n) is 2.13. The highest BCUT2D eigenvalue weighted by molar-refractivity contribution is 5.87. The van der Waals surface area contributed by atoms with Crippen molar-refractivity contribution in [3.05, 3.63) is 71.6 Å². The number of carboxylic acids is 1. The van der Waals surface area contributed by atoms with E-state index in [1.54, 1.807) is 22.7 Å². The first kappa shape index (κ1) is 12.3. The number of carboxylic acid groups (broad SMARTS) is 1. The van der Waals surface area contributed by atoms with Crippen molar-refractivity contribution in [3.8, 4) is 0 Å². The number of pyridine rings is 1. The van der Waals surface area contributed by atoms with Crippen LogP contribution < -0.4 is 0 Å². The van der Waals surface area contributed by atoms with Crippen molar-refractivity contribution < 1.29 is 14.3 Å². The van der Waals surface area contributed by atoms with E-state index >= 15 is 0 Å². The molecule has 0 bridgehead atoms. The monoisotopic (exact) mass is 270 g/mol. The number of aromatic nitrogens is 2. The second-order valence-electron chi connectivity index (χ2n) is 4.50. The molecule has 0 aliphatic carbocycles. The molecular formula is C15H11FN2O2. The number of halogens is 1. The van der Waals surface area contributed by atoms with Gasteiger partial charge in [-0.25, -0.2) is 14.2 Å². The molecule has 1 N–H and O–H groups in total. The highest BCUT2D eigenvalue weighted by atomic mass is 19.1. The van der Waals surface area contributed by atoms with Gasteiger partial charge in [-0.05, 0) is 29.8 Å². The SMILES string of the molecule is O=C(O)c1ccc2cnc(Cc3cccc(F)c3)n2c1. The first-order valence-electron chi connectivity index (χ1n) is 6.07. The smallest absolute Gasteiger partial charge is 0.337 e. The number of benzene rings is 1. The molecule has 4 nitrogen and oxygen atoms in total. The van der Waals surface area contributed by atoms with Crippen LogP contribution in [0.2, 0.25) is 0 Å². The Kier molecular flexibility index (Phi) is 2.95. The van der Waals surface area contributed by atoms with Crippen LogP contribution in [0.5, 0.6) is 0 Å². The summed E-state index contributed by atoms with van der Waals surface area (Å²) in [6.07, 6.45) is 3.63. The first-order valence-corrected chi connectivity index (χ1v) is 6.07. The summed E-state index contributed by atoms with van der Waals surface area (Å²) >= 11 is 0. The third-order valence-corrected chi connectivity index (χ3v) is 3.10. The van der Waals surface area contributed by atoms with E-state index in [0.29, 0.717) is 12.2 Å². The molecule has 0 atom stereocenters. The lowest BCUT2D eigenvalue weighted by atomic mass is 10.1. The summed E-state index contributed by atoms with van der Waals surface area (Å²) in [4.78, 5) is 15.3. The molecule has 0 fully saturated rings. The van der Waals surface area contributed by atoms with Gasteiger partial charge in [0.15, 0.2) is 0 Å². The molecule has 2 aromatic heterocycles. The molecular weight excluding hydrogens is 259 g/mol. The molecule has 1 aromatic carbocycles. The maximum atomic E-state index is 13.2. The number of aromatic carboxylic acids is 1. The molecule has 5 heteroatoms. The largest absolute Gasteiger partial charge is 0.478 e. The van der Waals surface area contributed by atoms with Crippen molar-refractivity contribution in [2.75, 3.05) is 0 Å². The molecule has 100 valence electrons. The van der Waals surface area contributed by atoms with E-state index in [2.05, 4.69) is 4.98 Å². The first-order chi connectivity index (χ1) is 9.63. The van der Waals surface area contributed by atoms with E-state index in [-0.39, 0.29) is 11.4 Å². The van der Waals surface area contributed by atoms with E-state index in [9.17, 15) is 9.18 Å². The Morgan fingerprint density at radius 1 is 1.30 bits per heavy atom. The van der Waals surface area contributed by atoms with Crippen LogP contribution in [0.4, 0.5) is 4.39 Å². The van der Waals surface area contributed by atoms with E-state index in [1.807, 2.05) is 6.07 Å². The number of carbonyl (C=O) groups is 1. The second kappa shape index (κ2) is 4.77. The van der Waals surface area contributed by atoms with Crippen LogP contribution in [0.25, 0.3) is 5.52 Å². The molecule has 2 heterocycles. The highest BCUT2D eigenvalue weighted by Gasteiger charge is 2.09. The Hall–Kier alpha value is -2.69. The van der Waals surface area contributed by atoms with Gasteiger partial charge in [0.2, 0.25) is 0 Å². The Balaban J connectivity index is 2.03. The quantitative estimate of drug-likeness (QED) is 0.796. The van der Waals surface area contributed by atoms with Crippen LogP contribution in [0.3, 0.4) is 0 Å². The normalized spacial score (nSPS) is 10.8. The summed E-state index contributed by atoms with van der Waals surface area (Å²) in [6, 6.07) is 9.52. The minimum atomic E-state index is -0.989. The van der Waals surface area contributed by atoms with E-state index in [1.165, 1.54) is 24.4 Å². The third-order valence-electron chi connectivity index (χ3n) is 3.10. The zero-order valence-corrected chi connectivity index (χ0v) is 10.5. The summed E-state index contributed by atoms with van der Waals surface area (Å²) in [5.41, 5.74) is 1.79. The average molecular weight is 270 g/mol. The molecule has 0 radical (unpaired) electrons. The predicted molar refractivity (Wildman–Crippen MR) is 71.4 cm³/mol. The Bertz CT molecular complexity index is 795. The van der Waals surface area contributed by atoms with Crippen LogP contribution in [0.15, 0.2) is 48.8 Å². The van der Waals surface area contributed by atoms with Gasteiger partial charge in [-0.3, -0.25) is 0 Å². The topological polar surface area (TPSA) is 54.6 Å². The number of imidazole rings is 1. The Labute approximate surface area is 114 Å². The maximum Gasteiger partial charge on any atom is 0.337 e. The molecule has 3 aromatic rings. The zero-order valence-electron chi connectivity index (χ0n) is 10.5. The average Bonchev–Trinajstić information content (AvgIpc) is 2.81. The van der Waals surface area contributed by atoms with Crippen LogP contribution in [-0.4, -0.2) is 20.5 Å². The van der Waals surface area contributed by atoms with Crippen LogP contribution in [0, 0.1) is 5.82 Å². The summed E-state index contributed by atoms with van der Waals surface area (Å²) in [7, 11) is 0. The van der Waals surface area contributed by atoms with E-state index in [0.717, 1.165) is 11.1 Å².